The third-order valence-corrected chi connectivity index (χ3v) is 18.0. The SMILES string of the molecule is CCC(C)(O[SiH](C)C)[SiH](C)OC(C)C(C)(CC)[Si](C)(C)O[C@H](C)[SiH](C)C. The molecule has 3 nitrogen and oxygen atoms in total. The van der Waals surface area contributed by atoms with E-state index in [1.807, 2.05) is 0 Å². The molecule has 0 aliphatic carbocycles. The third-order valence-electron chi connectivity index (χ3n) is 6.90. The zero-order chi connectivity index (χ0) is 20.9. The second-order valence-corrected chi connectivity index (χ2v) is 22.5. The van der Waals surface area contributed by atoms with Gasteiger partial charge in [-0.05, 0) is 66.3 Å². The molecule has 5 atom stereocenters. The van der Waals surface area contributed by atoms with E-state index in [-0.39, 0.29) is 16.4 Å². The second-order valence-electron chi connectivity index (χ2n) is 9.60. The predicted molar refractivity (Wildman–Crippen MR) is 128 cm³/mol. The second kappa shape index (κ2) is 10.5. The molecular formula is C19H48O3Si4. The van der Waals surface area contributed by atoms with Crippen molar-refractivity contribution in [3.8, 4) is 0 Å². The standard InChI is InChI=1S/C19H48O3Si4/c1-14-18(5,26(12,13)21-17(4)23(7)8)16(3)20-25(11)19(6,15-2)22-24(9)10/h16-17,23-25H,14-15H2,1-13H3/t16?,17-,18?,19?,25?/m0/s1. The van der Waals surface area contributed by atoms with Gasteiger partial charge in [0.2, 0.25) is 9.04 Å². The van der Waals surface area contributed by atoms with Gasteiger partial charge in [-0.1, -0.05) is 33.9 Å². The minimum absolute atomic E-state index is 0.0615. The highest BCUT2D eigenvalue weighted by atomic mass is 28.4. The van der Waals surface area contributed by atoms with Crippen LogP contribution in [0.15, 0.2) is 0 Å². The topological polar surface area (TPSA) is 27.7 Å². The molecule has 7 heteroatoms. The van der Waals surface area contributed by atoms with E-state index < -0.39 is 35.2 Å². The smallest absolute Gasteiger partial charge is 0.204 e. The molecule has 158 valence electrons. The van der Waals surface area contributed by atoms with E-state index in [0.717, 1.165) is 12.8 Å². The molecule has 0 aliphatic rings. The first-order valence-electron chi connectivity index (χ1n) is 10.7. The quantitative estimate of drug-likeness (QED) is 0.390. The first-order valence-corrected chi connectivity index (χ1v) is 21.5. The van der Waals surface area contributed by atoms with Gasteiger partial charge in [0.15, 0.2) is 17.4 Å². The Morgan fingerprint density at radius 1 is 0.923 bits per heavy atom. The molecule has 4 unspecified atom stereocenters. The van der Waals surface area contributed by atoms with Gasteiger partial charge in [0.05, 0.1) is 14.0 Å². The van der Waals surface area contributed by atoms with Crippen LogP contribution >= 0.6 is 0 Å². The van der Waals surface area contributed by atoms with Gasteiger partial charge in [-0.15, -0.1) is 0 Å². The van der Waals surface area contributed by atoms with Crippen LogP contribution in [0, 0.1) is 0 Å². The lowest BCUT2D eigenvalue weighted by atomic mass is 10.0. The van der Waals surface area contributed by atoms with Crippen molar-refractivity contribution in [3.63, 3.8) is 0 Å². The summed E-state index contributed by atoms with van der Waals surface area (Å²) >= 11 is 0. The monoisotopic (exact) mass is 436 g/mol. The Morgan fingerprint density at radius 3 is 1.77 bits per heavy atom. The molecule has 0 rings (SSSR count). The first-order chi connectivity index (χ1) is 11.7. The van der Waals surface area contributed by atoms with Crippen molar-refractivity contribution in [3.05, 3.63) is 0 Å². The molecule has 0 saturated heterocycles. The van der Waals surface area contributed by atoms with Crippen molar-refractivity contribution in [1.82, 2.24) is 0 Å². The van der Waals surface area contributed by atoms with Crippen molar-refractivity contribution in [1.29, 1.82) is 0 Å². The summed E-state index contributed by atoms with van der Waals surface area (Å²) in [5.41, 5.74) is 0.431. The zero-order valence-electron chi connectivity index (χ0n) is 20.0. The maximum absolute atomic E-state index is 6.79. The van der Waals surface area contributed by atoms with Gasteiger partial charge in [0.25, 0.3) is 0 Å². The summed E-state index contributed by atoms with van der Waals surface area (Å²) in [4.78, 5) is 0. The summed E-state index contributed by atoms with van der Waals surface area (Å²) in [6, 6.07) is 0. The van der Waals surface area contributed by atoms with Crippen LogP contribution in [0.1, 0.15) is 54.4 Å². The molecule has 0 heterocycles. The minimum atomic E-state index is -1.91. The van der Waals surface area contributed by atoms with Crippen molar-refractivity contribution in [2.45, 2.75) is 122 Å². The normalized spacial score (nSPS) is 21.3. The Kier molecular flexibility index (Phi) is 10.8. The summed E-state index contributed by atoms with van der Waals surface area (Å²) in [6.07, 6.45) is 2.35. The highest BCUT2D eigenvalue weighted by Gasteiger charge is 2.50. The van der Waals surface area contributed by atoms with Gasteiger partial charge in [0, 0.05) is 16.9 Å². The van der Waals surface area contributed by atoms with E-state index in [1.165, 1.54) is 0 Å². The van der Waals surface area contributed by atoms with Crippen LogP contribution in [0.4, 0.5) is 0 Å². The lowest BCUT2D eigenvalue weighted by Crippen LogP contribution is -2.56. The number of hydrogen-bond acceptors (Lipinski definition) is 3. The molecule has 26 heavy (non-hydrogen) atoms. The van der Waals surface area contributed by atoms with Gasteiger partial charge < -0.3 is 13.3 Å². The fourth-order valence-electron chi connectivity index (χ4n) is 3.54. The first kappa shape index (κ1) is 26.7. The van der Waals surface area contributed by atoms with Crippen LogP contribution in [0.25, 0.3) is 0 Å². The van der Waals surface area contributed by atoms with Crippen LogP contribution in [-0.2, 0) is 13.3 Å². The lowest BCUT2D eigenvalue weighted by Gasteiger charge is -2.49. The molecule has 0 fully saturated rings. The highest BCUT2D eigenvalue weighted by molar-refractivity contribution is 6.75. The molecule has 0 radical (unpaired) electrons. The van der Waals surface area contributed by atoms with Crippen LogP contribution < -0.4 is 0 Å². The van der Waals surface area contributed by atoms with Crippen LogP contribution in [0.2, 0.25) is 50.9 Å². The molecule has 0 bridgehead atoms. The van der Waals surface area contributed by atoms with E-state index >= 15 is 0 Å². The average molecular weight is 437 g/mol. The molecular weight excluding hydrogens is 389 g/mol. The maximum atomic E-state index is 6.79. The van der Waals surface area contributed by atoms with Gasteiger partial charge in [-0.3, -0.25) is 0 Å². The Labute approximate surface area is 170 Å². The Hall–Kier alpha value is 0.748. The van der Waals surface area contributed by atoms with E-state index in [2.05, 4.69) is 87.4 Å². The highest BCUT2D eigenvalue weighted by Crippen LogP contribution is 2.47. The molecule has 0 aromatic rings. The molecule has 0 spiro atoms. The molecule has 0 N–H and O–H groups in total. The number of rotatable bonds is 12. The van der Waals surface area contributed by atoms with E-state index in [1.54, 1.807) is 0 Å². The average Bonchev–Trinajstić information content (AvgIpc) is 2.52. The van der Waals surface area contributed by atoms with Crippen LogP contribution in [0.3, 0.4) is 0 Å². The Balaban J connectivity index is 5.40. The van der Waals surface area contributed by atoms with Gasteiger partial charge in [0.1, 0.15) is 0 Å². The van der Waals surface area contributed by atoms with Gasteiger partial charge in [-0.25, -0.2) is 0 Å². The maximum Gasteiger partial charge on any atom is 0.204 e. The minimum Gasteiger partial charge on any atom is -0.417 e. The zero-order valence-corrected chi connectivity index (χ0v) is 24.5. The summed E-state index contributed by atoms with van der Waals surface area (Å²) < 4.78 is 20.0. The fourth-order valence-corrected chi connectivity index (χ4v) is 13.5. The summed E-state index contributed by atoms with van der Waals surface area (Å²) in [5.74, 6) is 0. The summed E-state index contributed by atoms with van der Waals surface area (Å²) in [6.45, 7) is 30.2. The summed E-state index contributed by atoms with van der Waals surface area (Å²) in [5, 5.41) is 0.0454. The van der Waals surface area contributed by atoms with Crippen molar-refractivity contribution in [2.75, 3.05) is 0 Å². The molecule has 0 aliphatic heterocycles. The predicted octanol–water partition coefficient (Wildman–Crippen LogP) is 5.26. The largest absolute Gasteiger partial charge is 0.417 e. The molecule has 0 aromatic heterocycles. The van der Waals surface area contributed by atoms with Crippen LogP contribution in [0.5, 0.6) is 0 Å². The fraction of sp³-hybridized carbons (Fsp3) is 1.00. The summed E-state index contributed by atoms with van der Waals surface area (Å²) in [7, 11) is -5.29. The van der Waals surface area contributed by atoms with Crippen molar-refractivity contribution < 1.29 is 13.3 Å². The van der Waals surface area contributed by atoms with Gasteiger partial charge >= 0.3 is 0 Å². The number of hydrogen-bond donors (Lipinski definition) is 0. The van der Waals surface area contributed by atoms with Crippen LogP contribution in [-0.4, -0.2) is 52.3 Å². The van der Waals surface area contributed by atoms with Crippen molar-refractivity contribution >= 4 is 35.2 Å². The van der Waals surface area contributed by atoms with Gasteiger partial charge in [-0.2, -0.15) is 0 Å². The third kappa shape index (κ3) is 6.67. The van der Waals surface area contributed by atoms with Crippen molar-refractivity contribution in [2.24, 2.45) is 0 Å². The molecule has 0 saturated carbocycles. The Bertz CT molecular complexity index is 420. The molecule has 0 aromatic carbocycles. The van der Waals surface area contributed by atoms with E-state index in [0.29, 0.717) is 5.73 Å². The van der Waals surface area contributed by atoms with E-state index in [4.69, 9.17) is 13.3 Å². The lowest BCUT2D eigenvalue weighted by molar-refractivity contribution is 0.0907. The van der Waals surface area contributed by atoms with E-state index in [9.17, 15) is 0 Å². The Morgan fingerprint density at radius 2 is 1.42 bits per heavy atom. The molecule has 0 amide bonds.